The van der Waals surface area contributed by atoms with E-state index in [0.29, 0.717) is 29.2 Å². The minimum Gasteiger partial charge on any atom is -0.497 e. The highest BCUT2D eigenvalue weighted by molar-refractivity contribution is 6.30. The van der Waals surface area contributed by atoms with Crippen LogP contribution in [0.1, 0.15) is 35.8 Å². The molecule has 6 heteroatoms. The van der Waals surface area contributed by atoms with Crippen LogP contribution in [0.2, 0.25) is 5.02 Å². The molecule has 1 aliphatic carbocycles. The Labute approximate surface area is 174 Å². The highest BCUT2D eigenvalue weighted by Crippen LogP contribution is 2.46. The molecular weight excluding hydrogens is 388 g/mol. The quantitative estimate of drug-likeness (QED) is 0.807. The Kier molecular flexibility index (Phi) is 5.04. The van der Waals surface area contributed by atoms with Crippen molar-refractivity contribution in [2.24, 2.45) is 5.73 Å². The van der Waals surface area contributed by atoms with Crippen LogP contribution in [0.4, 0.5) is 0 Å². The van der Waals surface area contributed by atoms with Crippen LogP contribution in [-0.4, -0.2) is 12.9 Å². The van der Waals surface area contributed by atoms with Crippen LogP contribution in [0.25, 0.3) is 0 Å². The fourth-order valence-corrected chi connectivity index (χ4v) is 4.13. The summed E-state index contributed by atoms with van der Waals surface area (Å²) in [4.78, 5) is 13.2. The van der Waals surface area contributed by atoms with Crippen molar-refractivity contribution in [3.8, 4) is 11.8 Å². The number of rotatable bonds is 3. The van der Waals surface area contributed by atoms with Crippen LogP contribution < -0.4 is 10.5 Å². The minimum absolute atomic E-state index is 0.0190. The second kappa shape index (κ2) is 7.65. The lowest BCUT2D eigenvalue weighted by molar-refractivity contribution is -0.117. The van der Waals surface area contributed by atoms with Crippen LogP contribution in [-0.2, 0) is 9.53 Å². The summed E-state index contributed by atoms with van der Waals surface area (Å²) in [5, 5.41) is 10.2. The smallest absolute Gasteiger partial charge is 0.205 e. The topological polar surface area (TPSA) is 85.3 Å². The van der Waals surface area contributed by atoms with Gasteiger partial charge < -0.3 is 15.2 Å². The van der Waals surface area contributed by atoms with E-state index in [1.165, 1.54) is 0 Å². The molecule has 0 aromatic heterocycles. The van der Waals surface area contributed by atoms with Gasteiger partial charge in [-0.25, -0.2) is 0 Å². The number of benzene rings is 2. The Bertz CT molecular complexity index is 1060. The zero-order valence-corrected chi connectivity index (χ0v) is 16.6. The number of carbonyl (C=O) groups is 1. The third kappa shape index (κ3) is 3.48. The SMILES string of the molecule is COc1ccc([C@H]2CC(=O)C3=C(C2)OC(N)=C(C#N)[C@H]3c2ccc(Cl)cc2)cc1. The van der Waals surface area contributed by atoms with E-state index in [1.807, 2.05) is 36.4 Å². The molecule has 146 valence electrons. The summed E-state index contributed by atoms with van der Waals surface area (Å²) in [6.07, 6.45) is 0.883. The molecule has 0 radical (unpaired) electrons. The van der Waals surface area contributed by atoms with Gasteiger partial charge in [-0.05, 0) is 41.3 Å². The summed E-state index contributed by atoms with van der Waals surface area (Å²) >= 11 is 6.01. The summed E-state index contributed by atoms with van der Waals surface area (Å²) < 4.78 is 11.0. The molecule has 5 nitrogen and oxygen atoms in total. The van der Waals surface area contributed by atoms with E-state index in [1.54, 1.807) is 19.2 Å². The molecule has 0 saturated heterocycles. The molecule has 0 fully saturated rings. The minimum atomic E-state index is -0.537. The molecule has 1 heterocycles. The number of nitrogens with two attached hydrogens (primary N) is 1. The van der Waals surface area contributed by atoms with Gasteiger partial charge in [0.25, 0.3) is 0 Å². The fraction of sp³-hybridized carbons (Fsp3) is 0.217. The number of hydrogen-bond acceptors (Lipinski definition) is 5. The van der Waals surface area contributed by atoms with Crippen LogP contribution >= 0.6 is 11.6 Å². The zero-order chi connectivity index (χ0) is 20.5. The molecule has 0 unspecified atom stereocenters. The van der Waals surface area contributed by atoms with E-state index in [2.05, 4.69) is 6.07 Å². The highest BCUT2D eigenvalue weighted by atomic mass is 35.5. The molecule has 2 atom stereocenters. The normalized spacial score (nSPS) is 21.3. The average Bonchev–Trinajstić information content (AvgIpc) is 2.73. The van der Waals surface area contributed by atoms with Crippen molar-refractivity contribution in [1.29, 1.82) is 5.26 Å². The summed E-state index contributed by atoms with van der Waals surface area (Å²) in [5.74, 6) is 0.762. The standard InChI is InChI=1S/C23H19ClN2O3/c1-28-17-8-4-13(5-9-17)15-10-19(27)22-20(11-15)29-23(26)18(12-25)21(22)14-2-6-16(24)7-3-14/h2-9,15,21H,10-11,26H2,1H3/t15-,21+/m0/s1. The monoisotopic (exact) mass is 406 g/mol. The lowest BCUT2D eigenvalue weighted by Gasteiger charge is -2.34. The van der Waals surface area contributed by atoms with Crippen molar-refractivity contribution < 1.29 is 14.3 Å². The first-order chi connectivity index (χ1) is 14.0. The molecule has 0 bridgehead atoms. The molecule has 2 aliphatic rings. The predicted octanol–water partition coefficient (Wildman–Crippen LogP) is 4.56. The number of allylic oxidation sites excluding steroid dienone is 3. The van der Waals surface area contributed by atoms with Gasteiger partial charge in [0, 0.05) is 23.4 Å². The number of Topliss-reactive ketones (excluding diaryl/α,β-unsaturated/α-hetero) is 1. The Morgan fingerprint density at radius 3 is 2.38 bits per heavy atom. The Balaban J connectivity index is 1.74. The van der Waals surface area contributed by atoms with E-state index in [4.69, 9.17) is 26.8 Å². The molecule has 0 amide bonds. The van der Waals surface area contributed by atoms with E-state index < -0.39 is 5.92 Å². The van der Waals surface area contributed by atoms with Gasteiger partial charge in [0.15, 0.2) is 5.78 Å². The number of ketones is 1. The number of nitriles is 1. The van der Waals surface area contributed by atoms with Gasteiger partial charge in [0.1, 0.15) is 23.2 Å². The van der Waals surface area contributed by atoms with Crippen molar-refractivity contribution in [2.45, 2.75) is 24.7 Å². The second-order valence-electron chi connectivity index (χ2n) is 7.11. The molecule has 4 rings (SSSR count). The molecule has 29 heavy (non-hydrogen) atoms. The van der Waals surface area contributed by atoms with Crippen LogP contribution in [0.3, 0.4) is 0 Å². The van der Waals surface area contributed by atoms with Crippen molar-refractivity contribution in [1.82, 2.24) is 0 Å². The first kappa shape index (κ1) is 19.1. The lowest BCUT2D eigenvalue weighted by atomic mass is 9.73. The zero-order valence-electron chi connectivity index (χ0n) is 15.8. The maximum absolute atomic E-state index is 13.2. The van der Waals surface area contributed by atoms with Gasteiger partial charge in [0.2, 0.25) is 5.88 Å². The number of nitrogens with zero attached hydrogens (tertiary/aromatic N) is 1. The maximum atomic E-state index is 13.2. The first-order valence-corrected chi connectivity index (χ1v) is 9.63. The number of methoxy groups -OCH3 is 1. The van der Waals surface area contributed by atoms with Crippen molar-refractivity contribution in [3.05, 3.63) is 87.5 Å². The van der Waals surface area contributed by atoms with E-state index in [9.17, 15) is 10.1 Å². The molecule has 2 N–H and O–H groups in total. The van der Waals surface area contributed by atoms with E-state index in [0.717, 1.165) is 16.9 Å². The number of carbonyl (C=O) groups excluding carboxylic acids is 1. The maximum Gasteiger partial charge on any atom is 0.205 e. The van der Waals surface area contributed by atoms with Crippen molar-refractivity contribution in [2.75, 3.05) is 7.11 Å². The lowest BCUT2D eigenvalue weighted by Crippen LogP contribution is -2.29. The molecule has 1 aliphatic heterocycles. The second-order valence-corrected chi connectivity index (χ2v) is 7.55. The van der Waals surface area contributed by atoms with Gasteiger partial charge in [-0.2, -0.15) is 5.26 Å². The van der Waals surface area contributed by atoms with Gasteiger partial charge in [-0.3, -0.25) is 4.79 Å². The Morgan fingerprint density at radius 1 is 1.10 bits per heavy atom. The molecule has 2 aromatic carbocycles. The summed E-state index contributed by atoms with van der Waals surface area (Å²) in [6, 6.07) is 16.9. The predicted molar refractivity (Wildman–Crippen MR) is 109 cm³/mol. The average molecular weight is 407 g/mol. The number of halogens is 1. The van der Waals surface area contributed by atoms with E-state index in [-0.39, 0.29) is 23.2 Å². The molecule has 0 spiro atoms. The largest absolute Gasteiger partial charge is 0.497 e. The summed E-state index contributed by atoms with van der Waals surface area (Å²) in [5.41, 5.74) is 8.66. The number of ether oxygens (including phenoxy) is 2. The summed E-state index contributed by atoms with van der Waals surface area (Å²) in [6.45, 7) is 0. The number of hydrogen-bond donors (Lipinski definition) is 1. The van der Waals surface area contributed by atoms with Gasteiger partial charge in [-0.1, -0.05) is 35.9 Å². The van der Waals surface area contributed by atoms with Gasteiger partial charge in [-0.15, -0.1) is 0 Å². The summed E-state index contributed by atoms with van der Waals surface area (Å²) in [7, 11) is 1.62. The highest BCUT2D eigenvalue weighted by Gasteiger charge is 2.40. The first-order valence-electron chi connectivity index (χ1n) is 9.25. The molecule has 0 saturated carbocycles. The Hall–Kier alpha value is -3.23. The van der Waals surface area contributed by atoms with Crippen LogP contribution in [0, 0.1) is 11.3 Å². The van der Waals surface area contributed by atoms with Crippen molar-refractivity contribution >= 4 is 17.4 Å². The van der Waals surface area contributed by atoms with E-state index >= 15 is 0 Å². The molecule has 2 aromatic rings. The van der Waals surface area contributed by atoms with Crippen LogP contribution in [0.15, 0.2) is 71.3 Å². The molecular formula is C23H19ClN2O3. The fourth-order valence-electron chi connectivity index (χ4n) is 4.01. The third-order valence-electron chi connectivity index (χ3n) is 5.45. The third-order valence-corrected chi connectivity index (χ3v) is 5.70. The van der Waals surface area contributed by atoms with Crippen LogP contribution in [0.5, 0.6) is 5.75 Å². The van der Waals surface area contributed by atoms with Crippen molar-refractivity contribution in [3.63, 3.8) is 0 Å². The Morgan fingerprint density at radius 2 is 1.76 bits per heavy atom. The van der Waals surface area contributed by atoms with Gasteiger partial charge >= 0.3 is 0 Å². The van der Waals surface area contributed by atoms with Gasteiger partial charge in [0.05, 0.1) is 13.0 Å².